The highest BCUT2D eigenvalue weighted by Gasteiger charge is 2.08. The molecule has 0 aliphatic carbocycles. The molecule has 0 N–H and O–H groups in total. The van der Waals surface area contributed by atoms with Crippen LogP contribution >= 0.6 is 23.2 Å². The summed E-state index contributed by atoms with van der Waals surface area (Å²) in [5.74, 6) is 1.67. The summed E-state index contributed by atoms with van der Waals surface area (Å²) in [4.78, 5) is 4.09. The van der Waals surface area contributed by atoms with Gasteiger partial charge in [-0.25, -0.2) is 0 Å². The summed E-state index contributed by atoms with van der Waals surface area (Å²) in [6.07, 6.45) is 2.49. The fourth-order valence-electron chi connectivity index (χ4n) is 1.14. The van der Waals surface area contributed by atoms with E-state index in [1.807, 2.05) is 0 Å². The molecule has 1 heterocycles. The van der Waals surface area contributed by atoms with Crippen molar-refractivity contribution in [2.45, 2.75) is 26.0 Å². The molecule has 1 aromatic rings. The van der Waals surface area contributed by atoms with Crippen LogP contribution in [0.2, 0.25) is 10.0 Å². The van der Waals surface area contributed by atoms with Crippen LogP contribution in [0.15, 0.2) is 12.3 Å². The maximum absolute atomic E-state index is 11.7. The van der Waals surface area contributed by atoms with Crippen LogP contribution in [0, 0.1) is 5.92 Å². The maximum atomic E-state index is 11.7. The number of hydrogen-bond donors (Lipinski definition) is 0. The molecule has 0 saturated carbocycles. The van der Waals surface area contributed by atoms with E-state index in [-0.39, 0.29) is 0 Å². The van der Waals surface area contributed by atoms with Crippen LogP contribution in [-0.4, -0.2) is 14.9 Å². The average molecular weight is 280 g/mol. The van der Waals surface area contributed by atoms with Crippen molar-refractivity contribution in [2.75, 3.05) is 5.75 Å². The molecule has 1 atom stereocenters. The third kappa shape index (κ3) is 4.81. The van der Waals surface area contributed by atoms with Crippen molar-refractivity contribution in [1.29, 1.82) is 0 Å². The van der Waals surface area contributed by atoms with Gasteiger partial charge in [0.25, 0.3) is 0 Å². The molecule has 0 spiro atoms. The van der Waals surface area contributed by atoms with Crippen LogP contribution in [0.1, 0.15) is 26.0 Å². The second-order valence-electron chi connectivity index (χ2n) is 4.05. The van der Waals surface area contributed by atoms with E-state index < -0.39 is 10.8 Å². The number of rotatable bonds is 5. The predicted octanol–water partition coefficient (Wildman–Crippen LogP) is 3.68. The van der Waals surface area contributed by atoms with E-state index in [2.05, 4.69) is 18.8 Å². The molecule has 1 rings (SSSR count). The van der Waals surface area contributed by atoms with E-state index in [1.165, 1.54) is 6.20 Å². The van der Waals surface area contributed by atoms with Gasteiger partial charge in [-0.05, 0) is 18.4 Å². The standard InChI is InChI=1S/C11H15Cl2NOS/c1-8(2)3-4-16(15)7-11-10(13)5-9(12)6-14-11/h5-6,8H,3-4,7H2,1-2H3/t16-/m0/s1. The molecule has 0 aliphatic heterocycles. The first-order chi connectivity index (χ1) is 7.49. The number of hydrogen-bond acceptors (Lipinski definition) is 2. The summed E-state index contributed by atoms with van der Waals surface area (Å²) in [5, 5.41) is 0.993. The van der Waals surface area contributed by atoms with Crippen LogP contribution in [0.25, 0.3) is 0 Å². The zero-order valence-corrected chi connectivity index (χ0v) is 11.7. The minimum absolute atomic E-state index is 0.405. The van der Waals surface area contributed by atoms with Crippen LogP contribution in [0.5, 0.6) is 0 Å². The van der Waals surface area contributed by atoms with Gasteiger partial charge in [-0.2, -0.15) is 0 Å². The molecular formula is C11H15Cl2NOS. The van der Waals surface area contributed by atoms with E-state index in [9.17, 15) is 4.21 Å². The summed E-state index contributed by atoms with van der Waals surface area (Å²) in [6.45, 7) is 4.23. The van der Waals surface area contributed by atoms with Gasteiger partial charge in [0, 0.05) is 22.7 Å². The molecule has 1 aromatic heterocycles. The van der Waals surface area contributed by atoms with Crippen molar-refractivity contribution in [2.24, 2.45) is 5.92 Å². The summed E-state index contributed by atoms with van der Waals surface area (Å²) in [6, 6.07) is 1.63. The highest BCUT2D eigenvalue weighted by atomic mass is 35.5. The average Bonchev–Trinajstić information content (AvgIpc) is 2.19. The minimum Gasteiger partial charge on any atom is -0.259 e. The summed E-state index contributed by atoms with van der Waals surface area (Å²) in [7, 11) is -0.898. The Balaban J connectivity index is 2.56. The van der Waals surface area contributed by atoms with Crippen molar-refractivity contribution in [3.05, 3.63) is 28.0 Å². The second kappa shape index (κ2) is 6.58. The largest absolute Gasteiger partial charge is 0.259 e. The normalized spacial score (nSPS) is 13.1. The van der Waals surface area contributed by atoms with Crippen LogP contribution < -0.4 is 0 Å². The number of pyridine rings is 1. The smallest absolute Gasteiger partial charge is 0.0715 e. The SMILES string of the molecule is CC(C)CC[S@](=O)Cc1ncc(Cl)cc1Cl. The molecule has 5 heteroatoms. The van der Waals surface area contributed by atoms with Crippen molar-refractivity contribution >= 4 is 34.0 Å². The quantitative estimate of drug-likeness (QED) is 0.823. The minimum atomic E-state index is -0.898. The zero-order valence-electron chi connectivity index (χ0n) is 9.37. The Morgan fingerprint density at radius 3 is 2.69 bits per heavy atom. The number of halogens is 2. The monoisotopic (exact) mass is 279 g/mol. The molecule has 0 bridgehead atoms. The summed E-state index contributed by atoms with van der Waals surface area (Å²) >= 11 is 11.7. The Bertz CT molecular complexity index is 382. The Hall–Kier alpha value is -0.120. The summed E-state index contributed by atoms with van der Waals surface area (Å²) in [5.41, 5.74) is 0.660. The molecule has 0 aliphatic rings. The number of aromatic nitrogens is 1. The fraction of sp³-hybridized carbons (Fsp3) is 0.545. The van der Waals surface area contributed by atoms with E-state index in [1.54, 1.807) is 6.07 Å². The Morgan fingerprint density at radius 1 is 1.44 bits per heavy atom. The molecule has 0 amide bonds. The van der Waals surface area contributed by atoms with Crippen LogP contribution in [0.4, 0.5) is 0 Å². The van der Waals surface area contributed by atoms with Gasteiger partial charge in [-0.15, -0.1) is 0 Å². The van der Waals surface area contributed by atoms with E-state index in [0.29, 0.717) is 33.2 Å². The van der Waals surface area contributed by atoms with Crippen molar-refractivity contribution in [1.82, 2.24) is 4.98 Å². The van der Waals surface area contributed by atoms with Gasteiger partial charge in [-0.3, -0.25) is 9.19 Å². The van der Waals surface area contributed by atoms with Gasteiger partial charge in [0.15, 0.2) is 0 Å². The first kappa shape index (κ1) is 13.9. The van der Waals surface area contributed by atoms with Crippen molar-refractivity contribution < 1.29 is 4.21 Å². The van der Waals surface area contributed by atoms with Gasteiger partial charge >= 0.3 is 0 Å². The van der Waals surface area contributed by atoms with Crippen molar-refractivity contribution in [3.63, 3.8) is 0 Å². The molecular weight excluding hydrogens is 265 g/mol. The van der Waals surface area contributed by atoms with Crippen LogP contribution in [0.3, 0.4) is 0 Å². The van der Waals surface area contributed by atoms with E-state index in [0.717, 1.165) is 6.42 Å². The highest BCUT2D eigenvalue weighted by Crippen LogP contribution is 2.19. The van der Waals surface area contributed by atoms with Gasteiger partial charge in [-0.1, -0.05) is 37.0 Å². The second-order valence-corrected chi connectivity index (χ2v) is 6.47. The van der Waals surface area contributed by atoms with Crippen molar-refractivity contribution in [3.8, 4) is 0 Å². The molecule has 16 heavy (non-hydrogen) atoms. The van der Waals surface area contributed by atoms with Gasteiger partial charge in [0.2, 0.25) is 0 Å². The lowest BCUT2D eigenvalue weighted by Crippen LogP contribution is -2.05. The topological polar surface area (TPSA) is 30.0 Å². The molecule has 0 fully saturated rings. The van der Waals surface area contributed by atoms with Crippen LogP contribution in [-0.2, 0) is 16.6 Å². The molecule has 0 saturated heterocycles. The Labute approximate surface area is 109 Å². The fourth-order valence-corrected chi connectivity index (χ4v) is 3.08. The lowest BCUT2D eigenvalue weighted by Gasteiger charge is -2.06. The third-order valence-corrected chi connectivity index (χ3v) is 3.93. The Kier molecular flexibility index (Phi) is 5.73. The van der Waals surface area contributed by atoms with E-state index in [4.69, 9.17) is 23.2 Å². The molecule has 0 aromatic carbocycles. The number of nitrogens with zero attached hydrogens (tertiary/aromatic N) is 1. The van der Waals surface area contributed by atoms with E-state index >= 15 is 0 Å². The third-order valence-electron chi connectivity index (χ3n) is 2.10. The Morgan fingerprint density at radius 2 is 2.12 bits per heavy atom. The van der Waals surface area contributed by atoms with Gasteiger partial charge in [0.05, 0.1) is 21.5 Å². The maximum Gasteiger partial charge on any atom is 0.0715 e. The molecule has 2 nitrogen and oxygen atoms in total. The first-order valence-corrected chi connectivity index (χ1v) is 7.38. The molecule has 0 unspecified atom stereocenters. The zero-order chi connectivity index (χ0) is 12.1. The molecule has 0 radical (unpaired) electrons. The summed E-state index contributed by atoms with van der Waals surface area (Å²) < 4.78 is 11.7. The highest BCUT2D eigenvalue weighted by molar-refractivity contribution is 7.84. The lowest BCUT2D eigenvalue weighted by molar-refractivity contribution is 0.619. The van der Waals surface area contributed by atoms with Gasteiger partial charge < -0.3 is 0 Å². The first-order valence-electron chi connectivity index (χ1n) is 5.14. The lowest BCUT2D eigenvalue weighted by atomic mass is 10.2. The van der Waals surface area contributed by atoms with Gasteiger partial charge in [0.1, 0.15) is 0 Å². The predicted molar refractivity (Wildman–Crippen MR) is 70.4 cm³/mol. The molecule has 90 valence electrons.